The number of fused-ring (bicyclic) bond motifs is 1. The highest BCUT2D eigenvalue weighted by molar-refractivity contribution is 6.02. The molecule has 23 heavy (non-hydrogen) atoms. The number of carbonyl (C=O) groups excluding carboxylic acids is 1. The standard InChI is InChI=1S/C16H16N2O5/c1-2-8-17-15(22)13-14(21)10-5-3-4-6-11(10)18(16(13)23)9-7-12(19)20/h2-6,21H,1,7-9H2,(H,17,22)(H,19,20). The number of aliphatic carboxylic acids is 1. The molecule has 0 bridgehead atoms. The van der Waals surface area contributed by atoms with Crippen LogP contribution >= 0.6 is 0 Å². The van der Waals surface area contributed by atoms with Crippen LogP contribution in [0.2, 0.25) is 0 Å². The first-order chi connectivity index (χ1) is 11.0. The summed E-state index contributed by atoms with van der Waals surface area (Å²) in [6, 6.07) is 6.46. The van der Waals surface area contributed by atoms with Crippen molar-refractivity contribution >= 4 is 22.8 Å². The zero-order chi connectivity index (χ0) is 17.0. The quantitative estimate of drug-likeness (QED) is 0.691. The Balaban J connectivity index is 2.67. The largest absolute Gasteiger partial charge is 0.506 e. The molecule has 1 heterocycles. The molecule has 1 amide bonds. The van der Waals surface area contributed by atoms with Gasteiger partial charge in [-0.3, -0.25) is 14.4 Å². The van der Waals surface area contributed by atoms with E-state index in [9.17, 15) is 19.5 Å². The average Bonchev–Trinajstić information content (AvgIpc) is 2.52. The van der Waals surface area contributed by atoms with Gasteiger partial charge in [-0.05, 0) is 12.1 Å². The number of hydrogen-bond acceptors (Lipinski definition) is 4. The molecule has 1 aromatic heterocycles. The maximum atomic E-state index is 12.5. The maximum absolute atomic E-state index is 12.5. The van der Waals surface area contributed by atoms with Crippen LogP contribution in [-0.4, -0.2) is 33.2 Å². The predicted octanol–water partition coefficient (Wildman–Crippen LogP) is 1.10. The molecule has 3 N–H and O–H groups in total. The van der Waals surface area contributed by atoms with Crippen molar-refractivity contribution in [3.8, 4) is 5.75 Å². The number of para-hydroxylation sites is 1. The Kier molecular flexibility index (Phi) is 4.80. The number of pyridine rings is 1. The van der Waals surface area contributed by atoms with Crippen LogP contribution in [0.3, 0.4) is 0 Å². The van der Waals surface area contributed by atoms with Crippen LogP contribution in [0.4, 0.5) is 0 Å². The molecule has 0 radical (unpaired) electrons. The summed E-state index contributed by atoms with van der Waals surface area (Å²) in [4.78, 5) is 35.5. The van der Waals surface area contributed by atoms with Crippen LogP contribution in [0, 0.1) is 0 Å². The molecule has 0 saturated heterocycles. The highest BCUT2D eigenvalue weighted by Crippen LogP contribution is 2.26. The number of carbonyl (C=O) groups is 2. The summed E-state index contributed by atoms with van der Waals surface area (Å²) in [7, 11) is 0. The Hall–Kier alpha value is -3.09. The van der Waals surface area contributed by atoms with Crippen LogP contribution in [0.5, 0.6) is 5.75 Å². The molecule has 2 aromatic rings. The van der Waals surface area contributed by atoms with Gasteiger partial charge in [0.1, 0.15) is 11.3 Å². The van der Waals surface area contributed by atoms with Crippen molar-refractivity contribution in [2.45, 2.75) is 13.0 Å². The lowest BCUT2D eigenvalue weighted by molar-refractivity contribution is -0.137. The summed E-state index contributed by atoms with van der Waals surface area (Å²) >= 11 is 0. The number of amides is 1. The summed E-state index contributed by atoms with van der Waals surface area (Å²) in [5, 5.41) is 21.9. The van der Waals surface area contributed by atoms with Crippen molar-refractivity contribution in [2.24, 2.45) is 0 Å². The van der Waals surface area contributed by atoms with Crippen LogP contribution in [-0.2, 0) is 11.3 Å². The van der Waals surface area contributed by atoms with Gasteiger partial charge in [0, 0.05) is 18.5 Å². The molecule has 2 rings (SSSR count). The number of nitrogens with zero attached hydrogens (tertiary/aromatic N) is 1. The number of nitrogens with one attached hydrogen (secondary N) is 1. The summed E-state index contributed by atoms with van der Waals surface area (Å²) < 4.78 is 1.19. The van der Waals surface area contributed by atoms with Gasteiger partial charge in [0.25, 0.3) is 11.5 Å². The lowest BCUT2D eigenvalue weighted by atomic mass is 10.1. The minimum Gasteiger partial charge on any atom is -0.506 e. The lowest BCUT2D eigenvalue weighted by Gasteiger charge is -2.14. The number of aromatic hydroxyl groups is 1. The molecule has 0 atom stereocenters. The van der Waals surface area contributed by atoms with E-state index in [0.29, 0.717) is 10.9 Å². The van der Waals surface area contributed by atoms with Crippen molar-refractivity contribution in [3.63, 3.8) is 0 Å². The fourth-order valence-corrected chi connectivity index (χ4v) is 2.28. The Bertz CT molecular complexity index is 838. The van der Waals surface area contributed by atoms with Crippen molar-refractivity contribution in [2.75, 3.05) is 6.54 Å². The first-order valence-electron chi connectivity index (χ1n) is 6.92. The van der Waals surface area contributed by atoms with Crippen molar-refractivity contribution in [3.05, 3.63) is 52.8 Å². The molecule has 0 aliphatic rings. The minimum absolute atomic E-state index is 0.100. The first-order valence-corrected chi connectivity index (χ1v) is 6.92. The normalized spacial score (nSPS) is 10.4. The topological polar surface area (TPSA) is 109 Å². The van der Waals surface area contributed by atoms with E-state index in [1.165, 1.54) is 10.6 Å². The molecule has 0 aliphatic carbocycles. The van der Waals surface area contributed by atoms with E-state index in [0.717, 1.165) is 0 Å². The van der Waals surface area contributed by atoms with Gasteiger partial charge in [-0.25, -0.2) is 0 Å². The van der Waals surface area contributed by atoms with Crippen molar-refractivity contribution < 1.29 is 19.8 Å². The van der Waals surface area contributed by atoms with E-state index >= 15 is 0 Å². The van der Waals surface area contributed by atoms with Gasteiger partial charge >= 0.3 is 5.97 Å². The Labute approximate surface area is 131 Å². The summed E-state index contributed by atoms with van der Waals surface area (Å²) in [6.45, 7) is 3.50. The second kappa shape index (κ2) is 6.78. The predicted molar refractivity (Wildman–Crippen MR) is 84.7 cm³/mol. The van der Waals surface area contributed by atoms with E-state index in [-0.39, 0.29) is 19.5 Å². The van der Waals surface area contributed by atoms with Crippen molar-refractivity contribution in [1.29, 1.82) is 0 Å². The van der Waals surface area contributed by atoms with Gasteiger partial charge in [0.2, 0.25) is 0 Å². The number of carboxylic acids is 1. The number of aromatic nitrogens is 1. The number of rotatable bonds is 6. The van der Waals surface area contributed by atoms with E-state index in [4.69, 9.17) is 5.11 Å². The van der Waals surface area contributed by atoms with Gasteiger partial charge in [0.15, 0.2) is 0 Å². The van der Waals surface area contributed by atoms with Gasteiger partial charge in [-0.15, -0.1) is 6.58 Å². The van der Waals surface area contributed by atoms with E-state index < -0.39 is 28.7 Å². The van der Waals surface area contributed by atoms with Crippen LogP contribution in [0.15, 0.2) is 41.7 Å². The van der Waals surface area contributed by atoms with Gasteiger partial charge in [0.05, 0.1) is 11.9 Å². The molecule has 0 spiro atoms. The Morgan fingerprint density at radius 1 is 1.30 bits per heavy atom. The van der Waals surface area contributed by atoms with Gasteiger partial charge in [-0.1, -0.05) is 18.2 Å². The molecule has 0 saturated carbocycles. The number of aryl methyl sites for hydroxylation is 1. The fourth-order valence-electron chi connectivity index (χ4n) is 2.28. The molecular formula is C16H16N2O5. The maximum Gasteiger partial charge on any atom is 0.305 e. The van der Waals surface area contributed by atoms with Crippen LogP contribution < -0.4 is 10.9 Å². The van der Waals surface area contributed by atoms with Gasteiger partial charge in [-0.2, -0.15) is 0 Å². The van der Waals surface area contributed by atoms with E-state index in [1.54, 1.807) is 24.3 Å². The number of carboxylic acid groups (broad SMARTS) is 1. The highest BCUT2D eigenvalue weighted by atomic mass is 16.4. The third kappa shape index (κ3) is 3.23. The zero-order valence-corrected chi connectivity index (χ0v) is 12.3. The van der Waals surface area contributed by atoms with E-state index in [2.05, 4.69) is 11.9 Å². The fraction of sp³-hybridized carbons (Fsp3) is 0.188. The van der Waals surface area contributed by atoms with Crippen LogP contribution in [0.1, 0.15) is 16.8 Å². The summed E-state index contributed by atoms with van der Waals surface area (Å²) in [5.41, 5.74) is -0.767. The van der Waals surface area contributed by atoms with E-state index in [1.807, 2.05) is 0 Å². The first kappa shape index (κ1) is 16.3. The smallest absolute Gasteiger partial charge is 0.305 e. The highest BCUT2D eigenvalue weighted by Gasteiger charge is 2.21. The second-order valence-electron chi connectivity index (χ2n) is 4.84. The van der Waals surface area contributed by atoms with Crippen LogP contribution in [0.25, 0.3) is 10.9 Å². The molecule has 7 heteroatoms. The SMILES string of the molecule is C=CCNC(=O)c1c(O)c2ccccc2n(CCC(=O)O)c1=O. The van der Waals surface area contributed by atoms with Crippen molar-refractivity contribution in [1.82, 2.24) is 9.88 Å². The van der Waals surface area contributed by atoms with Gasteiger partial charge < -0.3 is 20.1 Å². The second-order valence-corrected chi connectivity index (χ2v) is 4.84. The minimum atomic E-state index is -1.06. The third-order valence-electron chi connectivity index (χ3n) is 3.33. The summed E-state index contributed by atoms with van der Waals surface area (Å²) in [6.07, 6.45) is 1.17. The molecule has 120 valence electrons. The monoisotopic (exact) mass is 316 g/mol. The molecule has 0 fully saturated rings. The average molecular weight is 316 g/mol. The zero-order valence-electron chi connectivity index (χ0n) is 12.3. The molecule has 7 nitrogen and oxygen atoms in total. The molecular weight excluding hydrogens is 300 g/mol. The number of benzene rings is 1. The molecule has 0 aliphatic heterocycles. The third-order valence-corrected chi connectivity index (χ3v) is 3.33. The lowest BCUT2D eigenvalue weighted by Crippen LogP contribution is -2.33. The number of hydrogen-bond donors (Lipinski definition) is 3. The Morgan fingerprint density at radius 2 is 2.00 bits per heavy atom. The summed E-state index contributed by atoms with van der Waals surface area (Å²) in [5.74, 6) is -2.22. The molecule has 0 unspecified atom stereocenters. The molecule has 1 aromatic carbocycles. The Morgan fingerprint density at radius 3 is 2.65 bits per heavy atom.